The van der Waals surface area contributed by atoms with Crippen LogP contribution in [0.15, 0.2) is 41.3 Å². The number of aromatic nitrogens is 2. The van der Waals surface area contributed by atoms with Crippen LogP contribution in [0.4, 0.5) is 0 Å². The third-order valence-corrected chi connectivity index (χ3v) is 2.79. The fourth-order valence-corrected chi connectivity index (χ4v) is 1.56. The van der Waals surface area contributed by atoms with Gasteiger partial charge in [-0.2, -0.15) is 5.10 Å². The molecule has 1 heterocycles. The van der Waals surface area contributed by atoms with Crippen molar-refractivity contribution >= 4 is 11.6 Å². The van der Waals surface area contributed by atoms with Gasteiger partial charge in [0, 0.05) is 0 Å². The van der Waals surface area contributed by atoms with Crippen molar-refractivity contribution in [2.24, 2.45) is 0 Å². The third kappa shape index (κ3) is 3.44. The molecular weight excluding hydrogens is 248 g/mol. The lowest BCUT2D eigenvalue weighted by Crippen LogP contribution is -2.24. The van der Waals surface area contributed by atoms with Gasteiger partial charge >= 0.3 is 0 Å². The first-order chi connectivity index (χ1) is 8.68. The monoisotopic (exact) mass is 264 g/mol. The van der Waals surface area contributed by atoms with Crippen LogP contribution < -0.4 is 5.56 Å². The molecule has 0 fully saturated rings. The van der Waals surface area contributed by atoms with E-state index in [0.717, 1.165) is 5.56 Å². The summed E-state index contributed by atoms with van der Waals surface area (Å²) < 4.78 is 1.37. The van der Waals surface area contributed by atoms with E-state index in [1.54, 1.807) is 13.1 Å². The van der Waals surface area contributed by atoms with Gasteiger partial charge in [-0.3, -0.25) is 4.79 Å². The SMILES string of the molecule is CC.Cc1cnn(Cc2ccccc2)c(=O)c1Cl. The van der Waals surface area contributed by atoms with Crippen molar-refractivity contribution in [3.63, 3.8) is 0 Å². The van der Waals surface area contributed by atoms with Crippen LogP contribution in [0.25, 0.3) is 0 Å². The minimum Gasteiger partial charge on any atom is -0.266 e. The van der Waals surface area contributed by atoms with E-state index < -0.39 is 0 Å². The van der Waals surface area contributed by atoms with Crippen LogP contribution in [0.3, 0.4) is 0 Å². The summed E-state index contributed by atoms with van der Waals surface area (Å²) in [6.45, 7) is 6.21. The minimum atomic E-state index is -0.245. The molecule has 4 heteroatoms. The largest absolute Gasteiger partial charge is 0.286 e. The Kier molecular flexibility index (Phi) is 5.59. The molecule has 0 aliphatic heterocycles. The summed E-state index contributed by atoms with van der Waals surface area (Å²) in [4.78, 5) is 11.8. The van der Waals surface area contributed by atoms with E-state index in [1.165, 1.54) is 4.68 Å². The van der Waals surface area contributed by atoms with E-state index in [9.17, 15) is 4.79 Å². The topological polar surface area (TPSA) is 34.9 Å². The highest BCUT2D eigenvalue weighted by molar-refractivity contribution is 6.31. The van der Waals surface area contributed by atoms with E-state index in [1.807, 2.05) is 44.2 Å². The first-order valence-electron chi connectivity index (χ1n) is 5.94. The lowest BCUT2D eigenvalue weighted by molar-refractivity contribution is 0.636. The maximum atomic E-state index is 11.8. The Morgan fingerprint density at radius 2 is 1.83 bits per heavy atom. The Labute approximate surface area is 112 Å². The molecule has 1 aromatic heterocycles. The minimum absolute atomic E-state index is 0.242. The third-order valence-electron chi connectivity index (χ3n) is 2.33. The van der Waals surface area contributed by atoms with Gasteiger partial charge in [-0.25, -0.2) is 4.68 Å². The van der Waals surface area contributed by atoms with Crippen molar-refractivity contribution in [1.29, 1.82) is 0 Å². The molecule has 0 unspecified atom stereocenters. The molecule has 0 amide bonds. The highest BCUT2D eigenvalue weighted by atomic mass is 35.5. The molecule has 0 saturated heterocycles. The van der Waals surface area contributed by atoms with E-state index in [2.05, 4.69) is 5.10 Å². The molecule has 0 saturated carbocycles. The lowest BCUT2D eigenvalue weighted by Gasteiger charge is -2.05. The van der Waals surface area contributed by atoms with Crippen molar-refractivity contribution < 1.29 is 0 Å². The number of nitrogens with zero attached hydrogens (tertiary/aromatic N) is 2. The van der Waals surface area contributed by atoms with Crippen LogP contribution in [-0.4, -0.2) is 9.78 Å². The van der Waals surface area contributed by atoms with E-state index in [0.29, 0.717) is 12.1 Å². The first kappa shape index (κ1) is 14.5. The Balaban J connectivity index is 0.000000771. The Morgan fingerprint density at radius 1 is 1.22 bits per heavy atom. The Morgan fingerprint density at radius 3 is 2.44 bits per heavy atom. The summed E-state index contributed by atoms with van der Waals surface area (Å²) in [5.74, 6) is 0. The zero-order valence-corrected chi connectivity index (χ0v) is 11.6. The molecule has 0 aliphatic carbocycles. The second-order valence-electron chi connectivity index (χ2n) is 3.59. The van der Waals surface area contributed by atoms with Gasteiger partial charge < -0.3 is 0 Å². The number of aryl methyl sites for hydroxylation is 1. The van der Waals surface area contributed by atoms with Crippen molar-refractivity contribution in [2.45, 2.75) is 27.3 Å². The van der Waals surface area contributed by atoms with Crippen LogP contribution >= 0.6 is 11.6 Å². The molecular formula is C14H17ClN2O. The molecule has 0 atom stereocenters. The quantitative estimate of drug-likeness (QED) is 0.834. The zero-order chi connectivity index (χ0) is 13.5. The maximum absolute atomic E-state index is 11.8. The van der Waals surface area contributed by atoms with Gasteiger partial charge in [-0.1, -0.05) is 55.8 Å². The maximum Gasteiger partial charge on any atom is 0.286 e. The number of benzene rings is 1. The highest BCUT2D eigenvalue weighted by Crippen LogP contribution is 2.07. The average molecular weight is 265 g/mol. The molecule has 18 heavy (non-hydrogen) atoms. The standard InChI is InChI=1S/C12H11ClN2O.C2H6/c1-9-7-14-15(12(16)11(9)13)8-10-5-3-2-4-6-10;1-2/h2-7H,8H2,1H3;1-2H3. The summed E-state index contributed by atoms with van der Waals surface area (Å²) in [7, 11) is 0. The summed E-state index contributed by atoms with van der Waals surface area (Å²) >= 11 is 5.88. The van der Waals surface area contributed by atoms with Crippen LogP contribution in [0.2, 0.25) is 5.02 Å². The normalized spacial score (nSPS) is 9.56. The van der Waals surface area contributed by atoms with Crippen molar-refractivity contribution in [1.82, 2.24) is 9.78 Å². The molecule has 0 aliphatic rings. The van der Waals surface area contributed by atoms with E-state index in [-0.39, 0.29) is 10.6 Å². The van der Waals surface area contributed by atoms with Gasteiger partial charge in [-0.15, -0.1) is 0 Å². The lowest BCUT2D eigenvalue weighted by atomic mass is 10.2. The van der Waals surface area contributed by atoms with Gasteiger partial charge in [0.05, 0.1) is 12.7 Å². The van der Waals surface area contributed by atoms with Gasteiger partial charge in [0.15, 0.2) is 0 Å². The molecule has 0 N–H and O–H groups in total. The van der Waals surface area contributed by atoms with Gasteiger partial charge in [0.2, 0.25) is 0 Å². The van der Waals surface area contributed by atoms with Crippen molar-refractivity contribution in [3.8, 4) is 0 Å². The highest BCUT2D eigenvalue weighted by Gasteiger charge is 2.05. The summed E-state index contributed by atoms with van der Waals surface area (Å²) in [6, 6.07) is 9.68. The van der Waals surface area contributed by atoms with Gasteiger partial charge in [0.1, 0.15) is 5.02 Å². The van der Waals surface area contributed by atoms with Crippen molar-refractivity contribution in [2.75, 3.05) is 0 Å². The fourth-order valence-electron chi connectivity index (χ4n) is 1.42. The fraction of sp³-hybridized carbons (Fsp3) is 0.286. The number of hydrogen-bond acceptors (Lipinski definition) is 2. The molecule has 2 rings (SSSR count). The van der Waals surface area contributed by atoms with E-state index in [4.69, 9.17) is 11.6 Å². The zero-order valence-electron chi connectivity index (χ0n) is 10.9. The smallest absolute Gasteiger partial charge is 0.266 e. The van der Waals surface area contributed by atoms with Crippen LogP contribution in [0, 0.1) is 6.92 Å². The molecule has 0 bridgehead atoms. The first-order valence-corrected chi connectivity index (χ1v) is 6.32. The molecule has 96 valence electrons. The Bertz CT molecular complexity index is 549. The molecule has 3 nitrogen and oxygen atoms in total. The molecule has 1 aromatic carbocycles. The van der Waals surface area contributed by atoms with Crippen molar-refractivity contribution in [3.05, 3.63) is 63.0 Å². The summed E-state index contributed by atoms with van der Waals surface area (Å²) in [6.07, 6.45) is 1.60. The summed E-state index contributed by atoms with van der Waals surface area (Å²) in [5, 5.41) is 4.30. The second-order valence-corrected chi connectivity index (χ2v) is 3.97. The number of rotatable bonds is 2. The van der Waals surface area contributed by atoms with E-state index >= 15 is 0 Å². The number of halogens is 1. The predicted octanol–water partition coefficient (Wildman–Crippen LogP) is 3.28. The molecule has 2 aromatic rings. The molecule has 0 spiro atoms. The van der Waals surface area contributed by atoms with Crippen LogP contribution in [-0.2, 0) is 6.54 Å². The summed E-state index contributed by atoms with van der Waals surface area (Å²) in [5.41, 5.74) is 1.48. The predicted molar refractivity (Wildman–Crippen MR) is 75.1 cm³/mol. The van der Waals surface area contributed by atoms with Crippen LogP contribution in [0.5, 0.6) is 0 Å². The average Bonchev–Trinajstić information content (AvgIpc) is 2.43. The van der Waals surface area contributed by atoms with Crippen LogP contribution in [0.1, 0.15) is 25.0 Å². The molecule has 0 radical (unpaired) electrons. The number of hydrogen-bond donors (Lipinski definition) is 0. The van der Waals surface area contributed by atoms with Gasteiger partial charge in [-0.05, 0) is 18.1 Å². The Hall–Kier alpha value is -1.61. The van der Waals surface area contributed by atoms with Gasteiger partial charge in [0.25, 0.3) is 5.56 Å². The second kappa shape index (κ2) is 6.97.